The number of benzene rings is 2. The number of carbonyl (C=O) groups is 2. The van der Waals surface area contributed by atoms with Crippen LogP contribution < -0.4 is 10.6 Å². The molecule has 1 aliphatic rings. The van der Waals surface area contributed by atoms with Gasteiger partial charge >= 0.3 is 0 Å². The van der Waals surface area contributed by atoms with Crippen LogP contribution in [0, 0.1) is 0 Å². The average molecular weight is 383 g/mol. The molecule has 1 heterocycles. The molecule has 0 radical (unpaired) electrons. The van der Waals surface area contributed by atoms with Crippen molar-refractivity contribution in [2.24, 2.45) is 0 Å². The second-order valence-corrected chi connectivity index (χ2v) is 7.76. The van der Waals surface area contributed by atoms with Gasteiger partial charge in [-0.15, -0.1) is 0 Å². The molecule has 0 bridgehead atoms. The lowest BCUT2D eigenvalue weighted by atomic mass is 10.1. The molecule has 3 rings (SSSR count). The number of anilines is 1. The summed E-state index contributed by atoms with van der Waals surface area (Å²) in [7, 11) is 0. The third-order valence-electron chi connectivity index (χ3n) is 5.17. The fraction of sp³-hybridized carbons (Fsp3) is 0.455. The molecule has 0 unspecified atom stereocenters. The van der Waals surface area contributed by atoms with Crippen LogP contribution in [0.1, 0.15) is 20.8 Å². The zero-order chi connectivity index (χ0) is 20.1. The Labute approximate surface area is 166 Å². The number of rotatable bonds is 6. The first kappa shape index (κ1) is 20.3. The van der Waals surface area contributed by atoms with E-state index in [0.717, 1.165) is 42.6 Å². The van der Waals surface area contributed by atoms with Gasteiger partial charge in [0.15, 0.2) is 0 Å². The van der Waals surface area contributed by atoms with Crippen molar-refractivity contribution in [2.75, 3.05) is 38.0 Å². The van der Waals surface area contributed by atoms with E-state index in [1.165, 1.54) is 0 Å². The largest absolute Gasteiger partial charge is 0.353 e. The monoisotopic (exact) mass is 382 g/mol. The molecule has 2 amide bonds. The normalized spacial score (nSPS) is 16.9. The molecule has 0 spiro atoms. The number of hydrogen-bond donors (Lipinski definition) is 2. The van der Waals surface area contributed by atoms with Gasteiger partial charge in [-0.1, -0.05) is 30.3 Å². The highest BCUT2D eigenvalue weighted by molar-refractivity contribution is 5.97. The molecule has 1 atom stereocenters. The number of carbonyl (C=O) groups excluding carboxylic acids is 2. The van der Waals surface area contributed by atoms with E-state index in [0.29, 0.717) is 6.54 Å². The van der Waals surface area contributed by atoms with Crippen LogP contribution in [-0.2, 0) is 9.59 Å². The molecule has 0 aromatic heterocycles. The second kappa shape index (κ2) is 9.17. The van der Waals surface area contributed by atoms with Crippen LogP contribution in [0.4, 0.5) is 5.69 Å². The zero-order valence-electron chi connectivity index (χ0n) is 16.9. The Morgan fingerprint density at radius 3 is 2.32 bits per heavy atom. The van der Waals surface area contributed by atoms with Crippen molar-refractivity contribution >= 4 is 28.3 Å². The van der Waals surface area contributed by atoms with Gasteiger partial charge in [0.2, 0.25) is 11.8 Å². The standard InChI is InChI=1S/C22H30N4O2/c1-16(2)23-21(27)15-25-10-12-26(13-11-25)17(3)22(28)24-20-9-8-18-6-4-5-7-19(18)14-20/h4-9,14,16-17H,10-13,15H2,1-3H3,(H,23,27)(H,24,28)/t17-/m0/s1. The summed E-state index contributed by atoms with van der Waals surface area (Å²) < 4.78 is 0. The summed E-state index contributed by atoms with van der Waals surface area (Å²) in [5.41, 5.74) is 0.819. The SMILES string of the molecule is CC(C)NC(=O)CN1CCN([C@@H](C)C(=O)Nc2ccc3ccccc3c2)CC1. The lowest BCUT2D eigenvalue weighted by molar-refractivity contribution is -0.125. The summed E-state index contributed by atoms with van der Waals surface area (Å²) in [6.07, 6.45) is 0. The van der Waals surface area contributed by atoms with Crippen LogP contribution in [-0.4, -0.2) is 66.4 Å². The first-order chi connectivity index (χ1) is 13.4. The maximum Gasteiger partial charge on any atom is 0.241 e. The minimum absolute atomic E-state index is 0.00119. The Balaban J connectivity index is 1.50. The molecular formula is C22H30N4O2. The molecule has 150 valence electrons. The maximum absolute atomic E-state index is 12.7. The third kappa shape index (κ3) is 5.30. The lowest BCUT2D eigenvalue weighted by Gasteiger charge is -2.37. The van der Waals surface area contributed by atoms with Crippen molar-refractivity contribution in [2.45, 2.75) is 32.9 Å². The van der Waals surface area contributed by atoms with Gasteiger partial charge in [-0.05, 0) is 43.7 Å². The molecule has 1 fully saturated rings. The van der Waals surface area contributed by atoms with Gasteiger partial charge < -0.3 is 10.6 Å². The summed E-state index contributed by atoms with van der Waals surface area (Å²) in [5, 5.41) is 8.23. The van der Waals surface area contributed by atoms with E-state index in [9.17, 15) is 9.59 Å². The van der Waals surface area contributed by atoms with Crippen molar-refractivity contribution < 1.29 is 9.59 Å². The quantitative estimate of drug-likeness (QED) is 0.805. The molecule has 2 N–H and O–H groups in total. The molecule has 0 saturated carbocycles. The fourth-order valence-electron chi connectivity index (χ4n) is 3.56. The Hall–Kier alpha value is -2.44. The lowest BCUT2D eigenvalue weighted by Crippen LogP contribution is -2.54. The van der Waals surface area contributed by atoms with Crippen molar-refractivity contribution in [1.82, 2.24) is 15.1 Å². The fourth-order valence-corrected chi connectivity index (χ4v) is 3.56. The predicted octanol–water partition coefficient (Wildman–Crippen LogP) is 2.31. The minimum atomic E-state index is -0.210. The van der Waals surface area contributed by atoms with Gasteiger partial charge in [-0.3, -0.25) is 19.4 Å². The van der Waals surface area contributed by atoms with Gasteiger partial charge in [0.25, 0.3) is 0 Å². The van der Waals surface area contributed by atoms with Crippen LogP contribution in [0.5, 0.6) is 0 Å². The first-order valence-corrected chi connectivity index (χ1v) is 9.98. The predicted molar refractivity (Wildman–Crippen MR) is 113 cm³/mol. The smallest absolute Gasteiger partial charge is 0.241 e. The van der Waals surface area contributed by atoms with E-state index < -0.39 is 0 Å². The average Bonchev–Trinajstić information content (AvgIpc) is 2.67. The van der Waals surface area contributed by atoms with E-state index >= 15 is 0 Å². The number of amides is 2. The van der Waals surface area contributed by atoms with Crippen LogP contribution in [0.2, 0.25) is 0 Å². The number of piperazine rings is 1. The molecule has 2 aromatic rings. The second-order valence-electron chi connectivity index (χ2n) is 7.76. The van der Waals surface area contributed by atoms with Crippen LogP contribution in [0.15, 0.2) is 42.5 Å². The van der Waals surface area contributed by atoms with Crippen molar-refractivity contribution in [3.8, 4) is 0 Å². The highest BCUT2D eigenvalue weighted by atomic mass is 16.2. The van der Waals surface area contributed by atoms with Crippen LogP contribution in [0.3, 0.4) is 0 Å². The summed E-state index contributed by atoms with van der Waals surface area (Å²) >= 11 is 0. The molecule has 1 saturated heterocycles. The van der Waals surface area contributed by atoms with Gasteiger partial charge in [0.1, 0.15) is 0 Å². The summed E-state index contributed by atoms with van der Waals surface area (Å²) in [4.78, 5) is 28.9. The van der Waals surface area contributed by atoms with Gasteiger partial charge in [-0.25, -0.2) is 0 Å². The third-order valence-corrected chi connectivity index (χ3v) is 5.17. The van der Waals surface area contributed by atoms with E-state index in [1.54, 1.807) is 0 Å². The van der Waals surface area contributed by atoms with E-state index in [2.05, 4.69) is 26.5 Å². The molecule has 1 aliphatic heterocycles. The molecule has 2 aromatic carbocycles. The van der Waals surface area contributed by atoms with Gasteiger partial charge in [0, 0.05) is 37.9 Å². The summed E-state index contributed by atoms with van der Waals surface area (Å²) in [5.74, 6) is 0.0619. The first-order valence-electron chi connectivity index (χ1n) is 9.98. The molecular weight excluding hydrogens is 352 g/mol. The summed E-state index contributed by atoms with van der Waals surface area (Å²) in [6, 6.07) is 14.0. The minimum Gasteiger partial charge on any atom is -0.353 e. The highest BCUT2D eigenvalue weighted by Gasteiger charge is 2.26. The number of hydrogen-bond acceptors (Lipinski definition) is 4. The maximum atomic E-state index is 12.7. The highest BCUT2D eigenvalue weighted by Crippen LogP contribution is 2.19. The van der Waals surface area contributed by atoms with Crippen LogP contribution in [0.25, 0.3) is 10.8 Å². The molecule has 28 heavy (non-hydrogen) atoms. The Morgan fingerprint density at radius 2 is 1.64 bits per heavy atom. The number of fused-ring (bicyclic) bond motifs is 1. The zero-order valence-corrected chi connectivity index (χ0v) is 16.9. The Kier molecular flexibility index (Phi) is 6.65. The molecule has 6 nitrogen and oxygen atoms in total. The molecule has 6 heteroatoms. The van der Waals surface area contributed by atoms with E-state index in [4.69, 9.17) is 0 Å². The van der Waals surface area contributed by atoms with Crippen molar-refractivity contribution in [1.29, 1.82) is 0 Å². The number of nitrogens with zero attached hydrogens (tertiary/aromatic N) is 2. The van der Waals surface area contributed by atoms with Gasteiger partial charge in [0.05, 0.1) is 12.6 Å². The van der Waals surface area contributed by atoms with Crippen molar-refractivity contribution in [3.63, 3.8) is 0 Å². The van der Waals surface area contributed by atoms with Crippen LogP contribution >= 0.6 is 0 Å². The van der Waals surface area contributed by atoms with Crippen molar-refractivity contribution in [3.05, 3.63) is 42.5 Å². The number of nitrogens with one attached hydrogen (secondary N) is 2. The summed E-state index contributed by atoms with van der Waals surface area (Å²) in [6.45, 7) is 9.43. The Bertz CT molecular complexity index is 828. The Morgan fingerprint density at radius 1 is 0.964 bits per heavy atom. The molecule has 0 aliphatic carbocycles. The van der Waals surface area contributed by atoms with Gasteiger partial charge in [-0.2, -0.15) is 0 Å². The topological polar surface area (TPSA) is 64.7 Å². The van der Waals surface area contributed by atoms with E-state index in [-0.39, 0.29) is 23.9 Å². The van der Waals surface area contributed by atoms with E-state index in [1.807, 2.05) is 57.2 Å².